The number of benzene rings is 2. The Kier molecular flexibility index (Phi) is 6.18. The molecule has 156 valence electrons. The number of aliphatic imine (C=N–C) groups is 2. The fraction of sp³-hybridized carbons (Fsp3) is 0. The maximum absolute atomic E-state index is 12.2. The standard InChI is InChI=1S/C27H20N2O3/c1-28-21-7-3-5-19(17-21)26-15-13-24(31-26)11-9-23(30)10-12-25-14-16-27(32-25)20-6-4-8-22(18-20)29-2/h3-18H,1-2H2/b11-9+,12-10+. The van der Waals surface area contributed by atoms with Crippen molar-refractivity contribution in [2.75, 3.05) is 0 Å². The van der Waals surface area contributed by atoms with Gasteiger partial charge in [-0.2, -0.15) is 0 Å². The minimum atomic E-state index is -0.184. The van der Waals surface area contributed by atoms with Crippen LogP contribution in [0.25, 0.3) is 34.8 Å². The first-order valence-corrected chi connectivity index (χ1v) is 9.89. The molecule has 0 unspecified atom stereocenters. The molecule has 0 bridgehead atoms. The summed E-state index contributed by atoms with van der Waals surface area (Å²) in [7, 11) is 0. The molecule has 0 atom stereocenters. The Morgan fingerprint density at radius 1 is 0.688 bits per heavy atom. The van der Waals surface area contributed by atoms with Crippen LogP contribution >= 0.6 is 0 Å². The summed E-state index contributed by atoms with van der Waals surface area (Å²) >= 11 is 0. The summed E-state index contributed by atoms with van der Waals surface area (Å²) in [6.45, 7) is 7.07. The first-order valence-electron chi connectivity index (χ1n) is 9.89. The van der Waals surface area contributed by atoms with Gasteiger partial charge in [0.25, 0.3) is 0 Å². The van der Waals surface area contributed by atoms with Gasteiger partial charge in [0.1, 0.15) is 23.0 Å². The first-order chi connectivity index (χ1) is 15.6. The molecule has 0 fully saturated rings. The molecule has 0 amide bonds. The summed E-state index contributed by atoms with van der Waals surface area (Å²) < 4.78 is 11.6. The molecule has 0 radical (unpaired) electrons. The quantitative estimate of drug-likeness (QED) is 0.224. The van der Waals surface area contributed by atoms with E-state index < -0.39 is 0 Å². The van der Waals surface area contributed by atoms with Crippen molar-refractivity contribution in [2.24, 2.45) is 9.98 Å². The topological polar surface area (TPSA) is 68.1 Å². The van der Waals surface area contributed by atoms with Gasteiger partial charge in [-0.15, -0.1) is 0 Å². The van der Waals surface area contributed by atoms with Gasteiger partial charge in [0, 0.05) is 11.1 Å². The Hall–Kier alpha value is -4.51. The van der Waals surface area contributed by atoms with E-state index in [-0.39, 0.29) is 5.78 Å². The van der Waals surface area contributed by atoms with Crippen molar-refractivity contribution >= 4 is 42.7 Å². The number of ketones is 1. The third-order valence-corrected chi connectivity index (χ3v) is 4.70. The molecule has 5 nitrogen and oxygen atoms in total. The minimum Gasteiger partial charge on any atom is -0.457 e. The Balaban J connectivity index is 1.41. The molecule has 5 heteroatoms. The smallest absolute Gasteiger partial charge is 0.178 e. The highest BCUT2D eigenvalue weighted by Gasteiger charge is 2.05. The van der Waals surface area contributed by atoms with Gasteiger partial charge in [-0.05, 0) is 86.3 Å². The maximum Gasteiger partial charge on any atom is 0.178 e. The summed E-state index contributed by atoms with van der Waals surface area (Å²) in [5.41, 5.74) is 3.32. The highest BCUT2D eigenvalue weighted by molar-refractivity contribution is 6.04. The molecule has 0 aliphatic heterocycles. The number of hydrogen-bond donors (Lipinski definition) is 0. The van der Waals surface area contributed by atoms with Crippen LogP contribution in [0.4, 0.5) is 11.4 Å². The largest absolute Gasteiger partial charge is 0.457 e. The predicted molar refractivity (Wildman–Crippen MR) is 130 cm³/mol. The van der Waals surface area contributed by atoms with Crippen LogP contribution in [0.3, 0.4) is 0 Å². The van der Waals surface area contributed by atoms with Crippen molar-refractivity contribution in [3.63, 3.8) is 0 Å². The SMILES string of the molecule is C=Nc1cccc(-c2ccc(/C=C/C(=O)/C=C/c3ccc(-c4cccc(N=C)c4)o3)o2)c1. The number of hydrogen-bond acceptors (Lipinski definition) is 5. The minimum absolute atomic E-state index is 0.184. The molecular weight excluding hydrogens is 400 g/mol. The number of carbonyl (C=O) groups is 1. The van der Waals surface area contributed by atoms with Crippen LogP contribution in [-0.4, -0.2) is 19.2 Å². The molecule has 2 aromatic heterocycles. The van der Waals surface area contributed by atoms with E-state index in [1.165, 1.54) is 12.2 Å². The van der Waals surface area contributed by atoms with Crippen LogP contribution in [0, 0.1) is 0 Å². The van der Waals surface area contributed by atoms with E-state index in [1.807, 2.05) is 72.8 Å². The lowest BCUT2D eigenvalue weighted by Crippen LogP contribution is -1.83. The third kappa shape index (κ3) is 4.96. The van der Waals surface area contributed by atoms with Gasteiger partial charge in [-0.3, -0.25) is 14.8 Å². The Bertz CT molecular complexity index is 1240. The lowest BCUT2D eigenvalue weighted by molar-refractivity contribution is -0.110. The van der Waals surface area contributed by atoms with Gasteiger partial charge in [-0.25, -0.2) is 0 Å². The summed E-state index contributed by atoms with van der Waals surface area (Å²) in [5.74, 6) is 2.36. The normalized spacial score (nSPS) is 11.2. The zero-order valence-electron chi connectivity index (χ0n) is 17.3. The van der Waals surface area contributed by atoms with Crippen molar-refractivity contribution in [3.8, 4) is 22.6 Å². The van der Waals surface area contributed by atoms with Crippen molar-refractivity contribution in [2.45, 2.75) is 0 Å². The van der Waals surface area contributed by atoms with E-state index in [0.717, 1.165) is 22.5 Å². The van der Waals surface area contributed by atoms with Crippen molar-refractivity contribution in [1.82, 2.24) is 0 Å². The average molecular weight is 420 g/mol. The Morgan fingerprint density at radius 3 is 1.59 bits per heavy atom. The summed E-state index contributed by atoms with van der Waals surface area (Å²) in [4.78, 5) is 20.1. The lowest BCUT2D eigenvalue weighted by Gasteiger charge is -1.98. The van der Waals surface area contributed by atoms with Crippen LogP contribution in [0.2, 0.25) is 0 Å². The number of nitrogens with zero attached hydrogens (tertiary/aromatic N) is 2. The average Bonchev–Trinajstić information content (AvgIpc) is 3.51. The molecular formula is C27H20N2O3. The number of allylic oxidation sites excluding steroid dienone is 2. The van der Waals surface area contributed by atoms with Crippen LogP contribution in [0.15, 0.2) is 104 Å². The number of carbonyl (C=O) groups excluding carboxylic acids is 1. The fourth-order valence-electron chi connectivity index (χ4n) is 3.09. The zero-order valence-corrected chi connectivity index (χ0v) is 17.3. The van der Waals surface area contributed by atoms with Gasteiger partial charge in [0.2, 0.25) is 0 Å². The van der Waals surface area contributed by atoms with E-state index in [4.69, 9.17) is 8.83 Å². The fourth-order valence-corrected chi connectivity index (χ4v) is 3.09. The number of furan rings is 2. The third-order valence-electron chi connectivity index (χ3n) is 4.70. The second-order valence-corrected chi connectivity index (χ2v) is 6.89. The van der Waals surface area contributed by atoms with Crippen molar-refractivity contribution < 1.29 is 13.6 Å². The molecule has 0 aliphatic rings. The molecule has 0 saturated carbocycles. The van der Waals surface area contributed by atoms with Gasteiger partial charge in [-0.1, -0.05) is 24.3 Å². The molecule has 0 saturated heterocycles. The predicted octanol–water partition coefficient (Wildman–Crippen LogP) is 7.17. The molecule has 0 aliphatic carbocycles. The second-order valence-electron chi connectivity index (χ2n) is 6.89. The van der Waals surface area contributed by atoms with Gasteiger partial charge >= 0.3 is 0 Å². The molecule has 2 heterocycles. The van der Waals surface area contributed by atoms with E-state index in [0.29, 0.717) is 23.0 Å². The summed E-state index contributed by atoms with van der Waals surface area (Å²) in [5, 5.41) is 0. The molecule has 2 aromatic carbocycles. The molecule has 0 N–H and O–H groups in total. The van der Waals surface area contributed by atoms with E-state index in [1.54, 1.807) is 12.2 Å². The molecule has 4 aromatic rings. The number of rotatable bonds is 8. The molecule has 4 rings (SSSR count). The first kappa shape index (κ1) is 20.8. The van der Waals surface area contributed by atoms with Gasteiger partial charge < -0.3 is 8.83 Å². The maximum atomic E-state index is 12.2. The Morgan fingerprint density at radius 2 is 1.16 bits per heavy atom. The van der Waals surface area contributed by atoms with Crippen LogP contribution in [0.5, 0.6) is 0 Å². The van der Waals surface area contributed by atoms with E-state index in [9.17, 15) is 4.79 Å². The zero-order chi connectivity index (χ0) is 22.3. The monoisotopic (exact) mass is 420 g/mol. The summed E-state index contributed by atoms with van der Waals surface area (Å²) in [6, 6.07) is 22.4. The van der Waals surface area contributed by atoms with E-state index in [2.05, 4.69) is 23.4 Å². The second kappa shape index (κ2) is 9.53. The molecule has 0 spiro atoms. The van der Waals surface area contributed by atoms with Gasteiger partial charge in [0.05, 0.1) is 11.4 Å². The Labute approximate surface area is 185 Å². The lowest BCUT2D eigenvalue weighted by atomic mass is 10.1. The van der Waals surface area contributed by atoms with Crippen LogP contribution in [0.1, 0.15) is 11.5 Å². The van der Waals surface area contributed by atoms with E-state index >= 15 is 0 Å². The van der Waals surface area contributed by atoms with Crippen molar-refractivity contribution in [3.05, 3.63) is 96.5 Å². The van der Waals surface area contributed by atoms with Gasteiger partial charge in [0.15, 0.2) is 5.78 Å². The molecule has 32 heavy (non-hydrogen) atoms. The van der Waals surface area contributed by atoms with Crippen LogP contribution < -0.4 is 0 Å². The van der Waals surface area contributed by atoms with Crippen molar-refractivity contribution in [1.29, 1.82) is 0 Å². The highest BCUT2D eigenvalue weighted by Crippen LogP contribution is 2.27. The van der Waals surface area contributed by atoms with Crippen LogP contribution in [-0.2, 0) is 4.79 Å². The highest BCUT2D eigenvalue weighted by atomic mass is 16.3. The summed E-state index contributed by atoms with van der Waals surface area (Å²) in [6.07, 6.45) is 6.16.